The van der Waals surface area contributed by atoms with Gasteiger partial charge in [0, 0.05) is 13.1 Å². The SMILES string of the molecule is CC1CC(C)(C)CC2(C1)NC(=O)N(CC(=O)OCC(=O)N(C)C1CCS(=O)(=O)C1)C2=O. The minimum Gasteiger partial charge on any atom is -0.454 e. The van der Waals surface area contributed by atoms with E-state index in [4.69, 9.17) is 4.74 Å². The van der Waals surface area contributed by atoms with Gasteiger partial charge in [0.2, 0.25) is 0 Å². The summed E-state index contributed by atoms with van der Waals surface area (Å²) in [5.41, 5.74) is -1.13. The van der Waals surface area contributed by atoms with Crippen LogP contribution in [0.3, 0.4) is 0 Å². The fourth-order valence-corrected chi connectivity index (χ4v) is 7.13. The zero-order chi connectivity index (χ0) is 23.2. The number of amides is 4. The van der Waals surface area contributed by atoms with Gasteiger partial charge in [-0.25, -0.2) is 13.2 Å². The fraction of sp³-hybridized carbons (Fsp3) is 0.800. The van der Waals surface area contributed by atoms with Gasteiger partial charge in [0.25, 0.3) is 11.8 Å². The van der Waals surface area contributed by atoms with Crippen molar-refractivity contribution in [2.75, 3.05) is 31.7 Å². The Bertz CT molecular complexity index is 900. The minimum absolute atomic E-state index is 0.0262. The Kier molecular flexibility index (Phi) is 6.11. The van der Waals surface area contributed by atoms with Gasteiger partial charge in [-0.05, 0) is 37.0 Å². The van der Waals surface area contributed by atoms with Crippen LogP contribution in [0.2, 0.25) is 0 Å². The molecule has 3 atom stereocenters. The van der Waals surface area contributed by atoms with E-state index in [2.05, 4.69) is 19.2 Å². The highest BCUT2D eigenvalue weighted by Gasteiger charge is 2.56. The van der Waals surface area contributed by atoms with Crippen molar-refractivity contribution in [1.29, 1.82) is 0 Å². The van der Waals surface area contributed by atoms with E-state index in [1.165, 1.54) is 11.9 Å². The summed E-state index contributed by atoms with van der Waals surface area (Å²) in [5.74, 6) is -1.68. The number of nitrogens with zero attached hydrogens (tertiary/aromatic N) is 2. The number of likely N-dealkylation sites (N-methyl/N-ethyl adjacent to an activating group) is 1. The number of hydrogen-bond acceptors (Lipinski definition) is 7. The minimum atomic E-state index is -3.15. The number of ether oxygens (including phenoxy) is 1. The molecule has 0 aromatic heterocycles. The number of rotatable bonds is 5. The van der Waals surface area contributed by atoms with Crippen molar-refractivity contribution < 1.29 is 32.3 Å². The molecule has 10 nitrogen and oxygen atoms in total. The molecule has 0 aromatic rings. The van der Waals surface area contributed by atoms with Crippen molar-refractivity contribution in [3.05, 3.63) is 0 Å². The first kappa shape index (κ1) is 23.5. The molecule has 1 N–H and O–H groups in total. The summed E-state index contributed by atoms with van der Waals surface area (Å²) in [6.45, 7) is 4.99. The van der Waals surface area contributed by atoms with Crippen LogP contribution in [0.4, 0.5) is 4.79 Å². The summed E-state index contributed by atoms with van der Waals surface area (Å²) in [5, 5.41) is 2.79. The molecular weight excluding hydrogens is 426 g/mol. The summed E-state index contributed by atoms with van der Waals surface area (Å²) in [6, 6.07) is -1.08. The van der Waals surface area contributed by atoms with Gasteiger partial charge in [0.1, 0.15) is 12.1 Å². The van der Waals surface area contributed by atoms with Gasteiger partial charge in [0.05, 0.1) is 11.5 Å². The largest absolute Gasteiger partial charge is 0.454 e. The van der Waals surface area contributed by atoms with E-state index in [-0.39, 0.29) is 22.8 Å². The lowest BCUT2D eigenvalue weighted by Crippen LogP contribution is -2.54. The molecule has 3 rings (SSSR count). The Labute approximate surface area is 182 Å². The van der Waals surface area contributed by atoms with E-state index in [9.17, 15) is 27.6 Å². The average Bonchev–Trinajstić information content (AvgIpc) is 3.09. The average molecular weight is 458 g/mol. The van der Waals surface area contributed by atoms with E-state index in [1.54, 1.807) is 0 Å². The van der Waals surface area contributed by atoms with Crippen LogP contribution in [-0.2, 0) is 29.0 Å². The van der Waals surface area contributed by atoms with Crippen molar-refractivity contribution in [1.82, 2.24) is 15.1 Å². The molecule has 2 aliphatic heterocycles. The Hall–Kier alpha value is -2.17. The topological polar surface area (TPSA) is 130 Å². The highest BCUT2D eigenvalue weighted by atomic mass is 32.2. The Morgan fingerprint density at radius 3 is 2.52 bits per heavy atom. The zero-order valence-electron chi connectivity index (χ0n) is 18.5. The first-order valence-corrected chi connectivity index (χ1v) is 12.3. The Morgan fingerprint density at radius 1 is 1.26 bits per heavy atom. The van der Waals surface area contributed by atoms with Gasteiger partial charge in [0.15, 0.2) is 16.4 Å². The molecular formula is C20H31N3O7S. The monoisotopic (exact) mass is 457 g/mol. The molecule has 1 aliphatic carbocycles. The van der Waals surface area contributed by atoms with Gasteiger partial charge in [-0.1, -0.05) is 20.8 Å². The van der Waals surface area contributed by atoms with Crippen molar-refractivity contribution in [2.45, 2.75) is 58.0 Å². The predicted molar refractivity (Wildman–Crippen MR) is 111 cm³/mol. The van der Waals surface area contributed by atoms with Gasteiger partial charge in [-0.15, -0.1) is 0 Å². The zero-order valence-corrected chi connectivity index (χ0v) is 19.3. The first-order chi connectivity index (χ1) is 14.2. The molecule has 3 unspecified atom stereocenters. The van der Waals surface area contributed by atoms with Crippen molar-refractivity contribution in [3.63, 3.8) is 0 Å². The number of hydrogen-bond donors (Lipinski definition) is 1. The Balaban J connectivity index is 1.55. The number of urea groups is 1. The van der Waals surface area contributed by atoms with E-state index in [1.807, 2.05) is 6.92 Å². The summed E-state index contributed by atoms with van der Waals surface area (Å²) in [6.07, 6.45) is 2.30. The van der Waals surface area contributed by atoms with Gasteiger partial charge in [-0.2, -0.15) is 0 Å². The second-order valence-electron chi connectivity index (χ2n) is 9.98. The summed E-state index contributed by atoms with van der Waals surface area (Å²) in [7, 11) is -1.68. The molecule has 2 heterocycles. The molecule has 11 heteroatoms. The molecule has 4 amide bonds. The van der Waals surface area contributed by atoms with E-state index >= 15 is 0 Å². The molecule has 0 bridgehead atoms. The third kappa shape index (κ3) is 5.02. The normalized spacial score (nSPS) is 31.5. The number of carbonyl (C=O) groups is 4. The van der Waals surface area contributed by atoms with Crippen LogP contribution in [0.5, 0.6) is 0 Å². The Morgan fingerprint density at radius 2 is 1.94 bits per heavy atom. The molecule has 31 heavy (non-hydrogen) atoms. The standard InChI is InChI=1S/C20H31N3O7S/c1-13-7-19(2,3)12-20(8-13)17(26)23(18(27)21-20)9-16(25)30-10-15(24)22(4)14-5-6-31(28,29)11-14/h13-14H,5-12H2,1-4H3,(H,21,27). The lowest BCUT2D eigenvalue weighted by molar-refractivity contribution is -0.154. The van der Waals surface area contributed by atoms with Crippen LogP contribution >= 0.6 is 0 Å². The number of carbonyl (C=O) groups excluding carboxylic acids is 4. The molecule has 1 saturated carbocycles. The first-order valence-electron chi connectivity index (χ1n) is 10.5. The van der Waals surface area contributed by atoms with Crippen LogP contribution < -0.4 is 5.32 Å². The van der Waals surface area contributed by atoms with Crippen LogP contribution in [0.25, 0.3) is 0 Å². The number of sulfone groups is 1. The van der Waals surface area contributed by atoms with E-state index < -0.39 is 58.4 Å². The van der Waals surface area contributed by atoms with Gasteiger partial charge < -0.3 is 15.0 Å². The third-order valence-electron chi connectivity index (χ3n) is 6.42. The maximum atomic E-state index is 13.0. The smallest absolute Gasteiger partial charge is 0.326 e. The molecule has 3 fully saturated rings. The van der Waals surface area contributed by atoms with E-state index in [0.717, 1.165) is 11.3 Å². The van der Waals surface area contributed by atoms with Crippen LogP contribution in [0.1, 0.15) is 46.5 Å². The second kappa shape index (κ2) is 8.07. The number of esters is 1. The van der Waals surface area contributed by atoms with Gasteiger partial charge >= 0.3 is 12.0 Å². The van der Waals surface area contributed by atoms with Gasteiger partial charge in [-0.3, -0.25) is 19.3 Å². The summed E-state index contributed by atoms with van der Waals surface area (Å²) < 4.78 is 28.1. The molecule has 1 spiro atoms. The molecule has 0 aromatic carbocycles. The highest BCUT2D eigenvalue weighted by molar-refractivity contribution is 7.91. The molecule has 3 aliphatic rings. The molecule has 0 radical (unpaired) electrons. The highest BCUT2D eigenvalue weighted by Crippen LogP contribution is 2.46. The van der Waals surface area contributed by atoms with Crippen molar-refractivity contribution in [2.24, 2.45) is 11.3 Å². The maximum absolute atomic E-state index is 13.0. The third-order valence-corrected chi connectivity index (χ3v) is 8.17. The van der Waals surface area contributed by atoms with Crippen LogP contribution in [0.15, 0.2) is 0 Å². The lowest BCUT2D eigenvalue weighted by Gasteiger charge is -2.43. The van der Waals surface area contributed by atoms with Crippen LogP contribution in [0, 0.1) is 11.3 Å². The molecule has 174 valence electrons. The van der Waals surface area contributed by atoms with Crippen molar-refractivity contribution >= 4 is 33.7 Å². The molecule has 2 saturated heterocycles. The predicted octanol–water partition coefficient (Wildman–Crippen LogP) is 0.312. The number of nitrogens with one attached hydrogen (secondary N) is 1. The lowest BCUT2D eigenvalue weighted by atomic mass is 9.64. The van der Waals surface area contributed by atoms with Crippen molar-refractivity contribution in [3.8, 4) is 0 Å². The second-order valence-corrected chi connectivity index (χ2v) is 12.2. The summed E-state index contributed by atoms with van der Waals surface area (Å²) >= 11 is 0. The maximum Gasteiger partial charge on any atom is 0.326 e. The van der Waals surface area contributed by atoms with Crippen LogP contribution in [-0.4, -0.2) is 85.3 Å². The fourth-order valence-electron chi connectivity index (χ4n) is 5.35. The summed E-state index contributed by atoms with van der Waals surface area (Å²) in [4.78, 5) is 52.1. The quantitative estimate of drug-likeness (QED) is 0.464. The number of imide groups is 1. The van der Waals surface area contributed by atoms with E-state index in [0.29, 0.717) is 19.3 Å².